The lowest BCUT2D eigenvalue weighted by atomic mass is 10.2. The van der Waals surface area contributed by atoms with Crippen molar-refractivity contribution in [3.63, 3.8) is 0 Å². The minimum absolute atomic E-state index is 0.272. The van der Waals surface area contributed by atoms with Crippen molar-refractivity contribution in [2.75, 3.05) is 18.5 Å². The molecule has 0 saturated carbocycles. The molecule has 1 aromatic carbocycles. The number of benzene rings is 1. The smallest absolute Gasteiger partial charge is 0.332 e. The summed E-state index contributed by atoms with van der Waals surface area (Å²) >= 11 is 12.7. The van der Waals surface area contributed by atoms with Gasteiger partial charge in [0.25, 0.3) is 5.56 Å². The number of hydrogen-bond acceptors (Lipinski definition) is 4. The molecule has 7 nitrogen and oxygen atoms in total. The minimum atomic E-state index is -0.416. The van der Waals surface area contributed by atoms with Crippen LogP contribution >= 0.6 is 23.2 Å². The first-order valence-electron chi connectivity index (χ1n) is 9.08. The van der Waals surface area contributed by atoms with Gasteiger partial charge in [-0.15, -0.1) is 0 Å². The fourth-order valence-corrected chi connectivity index (χ4v) is 3.73. The number of rotatable bonds is 6. The molecule has 0 aliphatic heterocycles. The Morgan fingerprint density at radius 3 is 2.36 bits per heavy atom. The molecular formula is C19H23Cl2N5O2. The Balaban J connectivity index is 2.31. The first-order chi connectivity index (χ1) is 13.3. The molecule has 2 aromatic heterocycles. The number of halogens is 2. The molecule has 9 heteroatoms. The zero-order chi connectivity index (χ0) is 20.6. The molecule has 0 amide bonds. The third-order valence-corrected chi connectivity index (χ3v) is 5.60. The van der Waals surface area contributed by atoms with Crippen molar-refractivity contribution in [1.82, 2.24) is 18.7 Å². The van der Waals surface area contributed by atoms with Gasteiger partial charge in [-0.2, -0.15) is 4.98 Å². The average molecular weight is 424 g/mol. The van der Waals surface area contributed by atoms with Gasteiger partial charge in [0, 0.05) is 43.3 Å². The Hall–Kier alpha value is -2.25. The van der Waals surface area contributed by atoms with E-state index in [1.807, 2.05) is 11.9 Å². The van der Waals surface area contributed by atoms with E-state index in [1.165, 1.54) is 11.6 Å². The molecule has 0 atom stereocenters. The highest BCUT2D eigenvalue weighted by Gasteiger charge is 2.22. The summed E-state index contributed by atoms with van der Waals surface area (Å²) in [7, 11) is 4.99. The summed E-state index contributed by atoms with van der Waals surface area (Å²) in [5.41, 5.74) is 0.573. The summed E-state index contributed by atoms with van der Waals surface area (Å²) in [6.45, 7) is 3.15. The fraction of sp³-hybridized carbons (Fsp3) is 0.421. The second-order valence-corrected chi connectivity index (χ2v) is 7.67. The molecule has 150 valence electrons. The van der Waals surface area contributed by atoms with Crippen LogP contribution in [0.4, 0.5) is 5.95 Å². The molecule has 0 aliphatic carbocycles. The fourth-order valence-electron chi connectivity index (χ4n) is 3.21. The van der Waals surface area contributed by atoms with Gasteiger partial charge >= 0.3 is 5.69 Å². The summed E-state index contributed by atoms with van der Waals surface area (Å²) in [5, 5.41) is 1.02. The van der Waals surface area contributed by atoms with E-state index in [9.17, 15) is 9.59 Å². The number of nitrogens with zero attached hydrogens (tertiary/aromatic N) is 5. The van der Waals surface area contributed by atoms with Crippen LogP contribution in [0, 0.1) is 0 Å². The standard InChI is InChI=1S/C19H23Cl2N5O2/c1-5-6-10-23(2)18-22-16-15(17(27)25(4)19(28)24(16)3)26(18)11-12-13(20)8-7-9-14(12)21/h7-9H,5-6,10-11H2,1-4H3. The second-order valence-electron chi connectivity index (χ2n) is 6.85. The second kappa shape index (κ2) is 8.01. The van der Waals surface area contributed by atoms with Crippen LogP contribution in [0.15, 0.2) is 27.8 Å². The molecule has 0 spiro atoms. The normalized spacial score (nSPS) is 11.4. The zero-order valence-corrected chi connectivity index (χ0v) is 17.9. The molecular weight excluding hydrogens is 401 g/mol. The Kier molecular flexibility index (Phi) is 5.86. The third-order valence-electron chi connectivity index (χ3n) is 4.89. The number of imidazole rings is 1. The summed E-state index contributed by atoms with van der Waals surface area (Å²) < 4.78 is 4.27. The maximum atomic E-state index is 12.9. The van der Waals surface area contributed by atoms with Crippen LogP contribution in [0.3, 0.4) is 0 Å². The maximum absolute atomic E-state index is 12.9. The van der Waals surface area contributed by atoms with Crippen molar-refractivity contribution in [2.45, 2.75) is 26.3 Å². The molecule has 0 radical (unpaired) electrons. The molecule has 2 heterocycles. The monoisotopic (exact) mass is 423 g/mol. The molecule has 28 heavy (non-hydrogen) atoms. The highest BCUT2D eigenvalue weighted by molar-refractivity contribution is 6.36. The number of fused-ring (bicyclic) bond motifs is 1. The van der Waals surface area contributed by atoms with E-state index in [0.29, 0.717) is 32.7 Å². The van der Waals surface area contributed by atoms with Crippen LogP contribution in [-0.4, -0.2) is 32.3 Å². The van der Waals surface area contributed by atoms with Gasteiger partial charge in [-0.3, -0.25) is 18.5 Å². The lowest BCUT2D eigenvalue weighted by Gasteiger charge is -2.20. The van der Waals surface area contributed by atoms with Gasteiger partial charge in [-0.1, -0.05) is 42.6 Å². The molecule has 0 N–H and O–H groups in total. The van der Waals surface area contributed by atoms with Crippen LogP contribution < -0.4 is 16.1 Å². The lowest BCUT2D eigenvalue weighted by molar-refractivity contribution is 0.699. The predicted octanol–water partition coefficient (Wildman–Crippen LogP) is 3.03. The molecule has 0 fully saturated rings. The molecule has 0 saturated heterocycles. The Bertz CT molecular complexity index is 1130. The molecule has 0 unspecified atom stereocenters. The van der Waals surface area contributed by atoms with Crippen LogP contribution in [0.1, 0.15) is 25.3 Å². The third kappa shape index (κ3) is 3.44. The van der Waals surface area contributed by atoms with Crippen molar-refractivity contribution in [2.24, 2.45) is 14.1 Å². The SMILES string of the molecule is CCCCN(C)c1nc2c(c(=O)n(C)c(=O)n2C)n1Cc1c(Cl)cccc1Cl. The number of aryl methyl sites for hydroxylation is 1. The largest absolute Gasteiger partial charge is 0.345 e. The van der Waals surface area contributed by atoms with Crippen molar-refractivity contribution in [1.29, 1.82) is 0 Å². The minimum Gasteiger partial charge on any atom is -0.345 e. The number of aromatic nitrogens is 4. The summed E-state index contributed by atoms with van der Waals surface area (Å²) in [5.74, 6) is 0.595. The summed E-state index contributed by atoms with van der Waals surface area (Å²) in [4.78, 5) is 31.9. The zero-order valence-electron chi connectivity index (χ0n) is 16.4. The van der Waals surface area contributed by atoms with Gasteiger partial charge in [0.15, 0.2) is 11.2 Å². The first-order valence-corrected chi connectivity index (χ1v) is 9.83. The topological polar surface area (TPSA) is 65.1 Å². The lowest BCUT2D eigenvalue weighted by Crippen LogP contribution is -2.37. The van der Waals surface area contributed by atoms with Crippen molar-refractivity contribution in [3.8, 4) is 0 Å². The Morgan fingerprint density at radius 2 is 1.75 bits per heavy atom. The van der Waals surface area contributed by atoms with E-state index < -0.39 is 11.2 Å². The van der Waals surface area contributed by atoms with E-state index in [1.54, 1.807) is 29.8 Å². The van der Waals surface area contributed by atoms with E-state index in [-0.39, 0.29) is 6.54 Å². The average Bonchev–Trinajstić information content (AvgIpc) is 3.05. The van der Waals surface area contributed by atoms with Crippen molar-refractivity contribution in [3.05, 3.63) is 54.6 Å². The van der Waals surface area contributed by atoms with Gasteiger partial charge in [-0.05, 0) is 18.6 Å². The Morgan fingerprint density at radius 1 is 1.11 bits per heavy atom. The number of unbranched alkanes of at least 4 members (excludes halogenated alkanes) is 1. The van der Waals surface area contributed by atoms with Crippen LogP contribution in [-0.2, 0) is 20.6 Å². The molecule has 0 aliphatic rings. The Labute approximate surface area is 172 Å². The molecule has 0 bridgehead atoms. The van der Waals surface area contributed by atoms with Gasteiger partial charge in [0.2, 0.25) is 5.95 Å². The summed E-state index contributed by atoms with van der Waals surface area (Å²) in [6, 6.07) is 5.30. The highest BCUT2D eigenvalue weighted by atomic mass is 35.5. The van der Waals surface area contributed by atoms with E-state index in [2.05, 4.69) is 11.9 Å². The quantitative estimate of drug-likeness (QED) is 0.610. The molecule has 3 aromatic rings. The van der Waals surface area contributed by atoms with Gasteiger partial charge in [0.1, 0.15) is 0 Å². The highest BCUT2D eigenvalue weighted by Crippen LogP contribution is 2.28. The number of hydrogen-bond donors (Lipinski definition) is 0. The van der Waals surface area contributed by atoms with E-state index >= 15 is 0 Å². The van der Waals surface area contributed by atoms with Crippen LogP contribution in [0.25, 0.3) is 11.2 Å². The van der Waals surface area contributed by atoms with Crippen LogP contribution in [0.5, 0.6) is 0 Å². The number of anilines is 1. The van der Waals surface area contributed by atoms with E-state index in [0.717, 1.165) is 24.0 Å². The van der Waals surface area contributed by atoms with Gasteiger partial charge in [0.05, 0.1) is 6.54 Å². The van der Waals surface area contributed by atoms with E-state index in [4.69, 9.17) is 23.2 Å². The molecule has 3 rings (SSSR count). The van der Waals surface area contributed by atoms with Crippen molar-refractivity contribution < 1.29 is 0 Å². The van der Waals surface area contributed by atoms with Crippen LogP contribution in [0.2, 0.25) is 10.0 Å². The van der Waals surface area contributed by atoms with Gasteiger partial charge < -0.3 is 4.90 Å². The predicted molar refractivity (Wildman–Crippen MR) is 114 cm³/mol. The maximum Gasteiger partial charge on any atom is 0.332 e. The van der Waals surface area contributed by atoms with Gasteiger partial charge in [-0.25, -0.2) is 4.79 Å². The summed E-state index contributed by atoms with van der Waals surface area (Å²) in [6.07, 6.45) is 2.00. The first kappa shape index (κ1) is 20.5. The van der Waals surface area contributed by atoms with Crippen molar-refractivity contribution >= 4 is 40.3 Å².